The molecule has 1 aliphatic rings. The summed E-state index contributed by atoms with van der Waals surface area (Å²) in [5, 5.41) is 0. The minimum atomic E-state index is -0.296. The molecule has 1 saturated heterocycles. The van der Waals surface area contributed by atoms with Crippen LogP contribution in [-0.2, 0) is 11.3 Å². The van der Waals surface area contributed by atoms with E-state index in [0.29, 0.717) is 18.8 Å². The van der Waals surface area contributed by atoms with Crippen molar-refractivity contribution in [3.8, 4) is 11.5 Å². The minimum Gasteiger partial charge on any atom is -0.495 e. The SMILES string of the molecule is COc1ccccc1N1CCN(CCCOC(=O)c2ccc(OCc3ccccc3)cc2)CC1.Cl.Cl. The molecule has 0 saturated carbocycles. The van der Waals surface area contributed by atoms with E-state index in [-0.39, 0.29) is 30.8 Å². The van der Waals surface area contributed by atoms with Crippen molar-refractivity contribution in [3.63, 3.8) is 0 Å². The van der Waals surface area contributed by atoms with Gasteiger partial charge in [-0.3, -0.25) is 4.90 Å². The number of nitrogens with zero attached hydrogens (tertiary/aromatic N) is 2. The molecule has 0 aliphatic carbocycles. The monoisotopic (exact) mass is 532 g/mol. The van der Waals surface area contributed by atoms with Crippen molar-refractivity contribution < 1.29 is 19.0 Å². The van der Waals surface area contributed by atoms with Crippen LogP contribution in [0.15, 0.2) is 78.9 Å². The molecule has 0 bridgehead atoms. The van der Waals surface area contributed by atoms with Crippen molar-refractivity contribution in [1.82, 2.24) is 4.90 Å². The number of hydrogen-bond donors (Lipinski definition) is 0. The van der Waals surface area contributed by atoms with Gasteiger partial charge in [0.25, 0.3) is 0 Å². The van der Waals surface area contributed by atoms with E-state index in [1.165, 1.54) is 0 Å². The zero-order valence-electron chi connectivity index (χ0n) is 20.5. The second kappa shape index (κ2) is 15.2. The van der Waals surface area contributed by atoms with Crippen molar-refractivity contribution in [2.24, 2.45) is 0 Å². The van der Waals surface area contributed by atoms with Crippen molar-refractivity contribution in [3.05, 3.63) is 90.0 Å². The molecule has 0 spiro atoms. The van der Waals surface area contributed by atoms with Crippen LogP contribution in [0.25, 0.3) is 0 Å². The minimum absolute atomic E-state index is 0. The van der Waals surface area contributed by atoms with Crippen molar-refractivity contribution in [2.75, 3.05) is 51.3 Å². The highest BCUT2D eigenvalue weighted by Crippen LogP contribution is 2.28. The zero-order chi connectivity index (χ0) is 23.6. The predicted molar refractivity (Wildman–Crippen MR) is 148 cm³/mol. The Morgan fingerprint density at radius 1 is 0.833 bits per heavy atom. The molecule has 194 valence electrons. The van der Waals surface area contributed by atoms with Gasteiger partial charge < -0.3 is 19.1 Å². The van der Waals surface area contributed by atoms with E-state index in [2.05, 4.69) is 15.9 Å². The topological polar surface area (TPSA) is 51.2 Å². The first-order chi connectivity index (χ1) is 16.7. The Kier molecular flexibility index (Phi) is 12.4. The van der Waals surface area contributed by atoms with Gasteiger partial charge in [0, 0.05) is 32.7 Å². The van der Waals surface area contributed by atoms with E-state index in [9.17, 15) is 4.79 Å². The Morgan fingerprint density at radius 3 is 2.19 bits per heavy atom. The van der Waals surface area contributed by atoms with E-state index in [0.717, 1.165) is 61.9 Å². The molecular weight excluding hydrogens is 499 g/mol. The lowest BCUT2D eigenvalue weighted by Gasteiger charge is -2.36. The molecule has 8 heteroatoms. The number of carbonyl (C=O) groups is 1. The molecule has 0 N–H and O–H groups in total. The van der Waals surface area contributed by atoms with Gasteiger partial charge in [-0.25, -0.2) is 4.79 Å². The lowest BCUT2D eigenvalue weighted by Crippen LogP contribution is -2.46. The van der Waals surface area contributed by atoms with Gasteiger partial charge in [-0.05, 0) is 48.4 Å². The maximum absolute atomic E-state index is 12.4. The van der Waals surface area contributed by atoms with E-state index in [1.807, 2.05) is 48.5 Å². The molecule has 0 amide bonds. The third-order valence-electron chi connectivity index (χ3n) is 5.99. The van der Waals surface area contributed by atoms with Crippen LogP contribution in [0.2, 0.25) is 0 Å². The van der Waals surface area contributed by atoms with Gasteiger partial charge in [0.2, 0.25) is 0 Å². The number of piperazine rings is 1. The first-order valence-corrected chi connectivity index (χ1v) is 11.8. The summed E-state index contributed by atoms with van der Waals surface area (Å²) < 4.78 is 16.7. The first-order valence-electron chi connectivity index (χ1n) is 11.8. The van der Waals surface area contributed by atoms with Gasteiger partial charge in [-0.2, -0.15) is 0 Å². The van der Waals surface area contributed by atoms with Crippen LogP contribution >= 0.6 is 24.8 Å². The van der Waals surface area contributed by atoms with Crippen LogP contribution in [0.3, 0.4) is 0 Å². The molecule has 0 atom stereocenters. The number of esters is 1. The summed E-state index contributed by atoms with van der Waals surface area (Å²) in [5.41, 5.74) is 2.79. The molecule has 6 nitrogen and oxygen atoms in total. The molecule has 0 unspecified atom stereocenters. The Morgan fingerprint density at radius 2 is 1.50 bits per heavy atom. The molecule has 4 rings (SSSR count). The summed E-state index contributed by atoms with van der Waals surface area (Å²) in [6.45, 7) is 5.71. The van der Waals surface area contributed by atoms with Gasteiger partial charge in [-0.1, -0.05) is 42.5 Å². The molecule has 36 heavy (non-hydrogen) atoms. The number of para-hydroxylation sites is 2. The second-order valence-corrected chi connectivity index (χ2v) is 8.29. The zero-order valence-corrected chi connectivity index (χ0v) is 22.1. The van der Waals surface area contributed by atoms with Crippen molar-refractivity contribution in [1.29, 1.82) is 0 Å². The lowest BCUT2D eigenvalue weighted by molar-refractivity contribution is 0.0487. The molecule has 1 aliphatic heterocycles. The Bertz CT molecular complexity index is 1040. The average molecular weight is 533 g/mol. The van der Waals surface area contributed by atoms with Crippen LogP contribution in [0.1, 0.15) is 22.3 Å². The fourth-order valence-corrected chi connectivity index (χ4v) is 4.07. The summed E-state index contributed by atoms with van der Waals surface area (Å²) in [5.74, 6) is 1.35. The Hall–Kier alpha value is -2.93. The number of benzene rings is 3. The number of ether oxygens (including phenoxy) is 3. The van der Waals surface area contributed by atoms with Crippen LogP contribution in [0.5, 0.6) is 11.5 Å². The van der Waals surface area contributed by atoms with Crippen LogP contribution in [0, 0.1) is 0 Å². The number of carbonyl (C=O) groups excluding carboxylic acids is 1. The van der Waals surface area contributed by atoms with E-state index < -0.39 is 0 Å². The summed E-state index contributed by atoms with van der Waals surface area (Å²) in [6.07, 6.45) is 0.818. The van der Waals surface area contributed by atoms with E-state index >= 15 is 0 Å². The molecule has 0 aromatic heterocycles. The largest absolute Gasteiger partial charge is 0.495 e. The van der Waals surface area contributed by atoms with Gasteiger partial charge in [0.15, 0.2) is 0 Å². The van der Waals surface area contributed by atoms with Crippen LogP contribution < -0.4 is 14.4 Å². The number of halogens is 2. The molecule has 1 heterocycles. The van der Waals surface area contributed by atoms with Gasteiger partial charge in [0.1, 0.15) is 18.1 Å². The van der Waals surface area contributed by atoms with Crippen LogP contribution in [-0.4, -0.2) is 57.3 Å². The molecular formula is C28H34Cl2N2O4. The maximum Gasteiger partial charge on any atom is 0.338 e. The number of methoxy groups -OCH3 is 1. The fourth-order valence-electron chi connectivity index (χ4n) is 4.07. The number of anilines is 1. The van der Waals surface area contributed by atoms with E-state index in [1.54, 1.807) is 31.4 Å². The predicted octanol–water partition coefficient (Wildman–Crippen LogP) is 5.49. The molecule has 1 fully saturated rings. The average Bonchev–Trinajstić information content (AvgIpc) is 2.91. The summed E-state index contributed by atoms with van der Waals surface area (Å²) in [4.78, 5) is 17.1. The summed E-state index contributed by atoms with van der Waals surface area (Å²) in [7, 11) is 1.71. The smallest absolute Gasteiger partial charge is 0.338 e. The molecule has 3 aromatic carbocycles. The number of hydrogen-bond acceptors (Lipinski definition) is 6. The van der Waals surface area contributed by atoms with Crippen LogP contribution in [0.4, 0.5) is 5.69 Å². The number of rotatable bonds is 10. The van der Waals surface area contributed by atoms with Gasteiger partial charge in [-0.15, -0.1) is 24.8 Å². The quantitative estimate of drug-likeness (QED) is 0.254. The third-order valence-corrected chi connectivity index (χ3v) is 5.99. The maximum atomic E-state index is 12.4. The first kappa shape index (κ1) is 29.3. The molecule has 3 aromatic rings. The Balaban J connectivity index is 0.00000228. The van der Waals surface area contributed by atoms with Gasteiger partial charge in [0.05, 0.1) is 25.0 Å². The lowest BCUT2D eigenvalue weighted by atomic mass is 10.2. The normalized spacial score (nSPS) is 13.2. The van der Waals surface area contributed by atoms with Gasteiger partial charge >= 0.3 is 5.97 Å². The van der Waals surface area contributed by atoms with E-state index in [4.69, 9.17) is 14.2 Å². The van der Waals surface area contributed by atoms with Crippen molar-refractivity contribution >= 4 is 36.5 Å². The highest BCUT2D eigenvalue weighted by molar-refractivity contribution is 5.89. The second-order valence-electron chi connectivity index (χ2n) is 8.29. The highest BCUT2D eigenvalue weighted by atomic mass is 35.5. The Labute approximate surface area is 226 Å². The molecule has 0 radical (unpaired) electrons. The summed E-state index contributed by atoms with van der Waals surface area (Å²) in [6, 6.07) is 25.3. The fraction of sp³-hybridized carbons (Fsp3) is 0.321. The third kappa shape index (κ3) is 8.33. The highest BCUT2D eigenvalue weighted by Gasteiger charge is 2.19. The van der Waals surface area contributed by atoms with Crippen molar-refractivity contribution in [2.45, 2.75) is 13.0 Å². The standard InChI is InChI=1S/C28H32N2O4.2ClH/c1-32-27-11-6-5-10-26(27)30-19-17-29(18-20-30)16-7-21-33-28(31)24-12-14-25(15-13-24)34-22-23-8-3-2-4-9-23;;/h2-6,8-15H,7,16-22H2,1H3;2*1H. The summed E-state index contributed by atoms with van der Waals surface area (Å²) >= 11 is 0.